The van der Waals surface area contributed by atoms with Crippen LogP contribution in [-0.4, -0.2) is 33.1 Å². The Labute approximate surface area is 126 Å². The number of hydrogen-bond acceptors (Lipinski definition) is 3. The molecule has 0 aliphatic rings. The first-order valence-electron chi connectivity index (χ1n) is 6.91. The molecule has 0 heterocycles. The van der Waals surface area contributed by atoms with Crippen molar-refractivity contribution in [2.75, 3.05) is 32.1 Å². The highest BCUT2D eigenvalue weighted by atomic mass is 35.5. The lowest BCUT2D eigenvalue weighted by Gasteiger charge is -2.25. The molecule has 1 rings (SSSR count). The number of amides is 1. The van der Waals surface area contributed by atoms with Gasteiger partial charge in [0.2, 0.25) is 5.91 Å². The Morgan fingerprint density at radius 2 is 2.15 bits per heavy atom. The van der Waals surface area contributed by atoms with Gasteiger partial charge in [-0.3, -0.25) is 4.79 Å². The molecule has 0 aromatic heterocycles. The molecule has 20 heavy (non-hydrogen) atoms. The summed E-state index contributed by atoms with van der Waals surface area (Å²) >= 11 is 6.09. The predicted octanol–water partition coefficient (Wildman–Crippen LogP) is 2.27. The number of nitrogens with one attached hydrogen (secondary N) is 2. The number of carbonyl (C=O) groups excluding carboxylic acids is 1. The fourth-order valence-electron chi connectivity index (χ4n) is 2.14. The highest BCUT2D eigenvalue weighted by Gasteiger charge is 2.16. The third kappa shape index (κ3) is 4.69. The SMILES string of the molecule is CCNCc1ccc(Cl)cc1N(C)CC(C)C(=O)NC. The molecule has 0 saturated heterocycles. The fraction of sp³-hybridized carbons (Fsp3) is 0.533. The Hall–Kier alpha value is -1.26. The normalized spacial score (nSPS) is 12.1. The Morgan fingerprint density at radius 1 is 1.45 bits per heavy atom. The third-order valence-electron chi connectivity index (χ3n) is 3.27. The lowest BCUT2D eigenvalue weighted by atomic mass is 10.1. The zero-order valence-electron chi connectivity index (χ0n) is 12.7. The number of benzene rings is 1. The second-order valence-electron chi connectivity index (χ2n) is 4.95. The monoisotopic (exact) mass is 297 g/mol. The highest BCUT2D eigenvalue weighted by Crippen LogP contribution is 2.24. The maximum absolute atomic E-state index is 11.6. The van der Waals surface area contributed by atoms with Gasteiger partial charge >= 0.3 is 0 Å². The van der Waals surface area contributed by atoms with E-state index in [0.717, 1.165) is 18.8 Å². The lowest BCUT2D eigenvalue weighted by Crippen LogP contribution is -2.34. The zero-order chi connectivity index (χ0) is 15.1. The Kier molecular flexibility index (Phi) is 6.82. The van der Waals surface area contributed by atoms with Gasteiger partial charge in [-0.1, -0.05) is 31.5 Å². The molecule has 1 aromatic rings. The Morgan fingerprint density at radius 3 is 2.75 bits per heavy atom. The molecule has 0 fully saturated rings. The van der Waals surface area contributed by atoms with E-state index in [0.29, 0.717) is 11.6 Å². The molecule has 0 aliphatic carbocycles. The summed E-state index contributed by atoms with van der Waals surface area (Å²) in [5, 5.41) is 6.70. The van der Waals surface area contributed by atoms with E-state index < -0.39 is 0 Å². The van der Waals surface area contributed by atoms with E-state index in [2.05, 4.69) is 22.5 Å². The minimum Gasteiger partial charge on any atom is -0.374 e. The standard InChI is InChI=1S/C15H24ClN3O/c1-5-18-9-12-6-7-13(16)8-14(12)19(4)10-11(2)15(20)17-3/h6-8,11,18H,5,9-10H2,1-4H3,(H,17,20). The van der Waals surface area contributed by atoms with Crippen molar-refractivity contribution in [3.8, 4) is 0 Å². The summed E-state index contributed by atoms with van der Waals surface area (Å²) in [6.07, 6.45) is 0. The van der Waals surface area contributed by atoms with Crippen molar-refractivity contribution in [1.29, 1.82) is 0 Å². The minimum absolute atomic E-state index is 0.0483. The van der Waals surface area contributed by atoms with Gasteiger partial charge in [0.25, 0.3) is 0 Å². The number of carbonyl (C=O) groups is 1. The summed E-state index contributed by atoms with van der Waals surface area (Å²) in [6.45, 7) is 6.36. The van der Waals surface area contributed by atoms with Gasteiger partial charge in [0.15, 0.2) is 0 Å². The molecule has 2 N–H and O–H groups in total. The van der Waals surface area contributed by atoms with Crippen molar-refractivity contribution < 1.29 is 4.79 Å². The predicted molar refractivity (Wildman–Crippen MR) is 85.3 cm³/mol. The van der Waals surface area contributed by atoms with E-state index in [1.54, 1.807) is 7.05 Å². The number of halogens is 1. The summed E-state index contributed by atoms with van der Waals surface area (Å²) in [4.78, 5) is 13.7. The van der Waals surface area contributed by atoms with Crippen molar-refractivity contribution in [2.24, 2.45) is 5.92 Å². The summed E-state index contributed by atoms with van der Waals surface area (Å²) < 4.78 is 0. The van der Waals surface area contributed by atoms with Gasteiger partial charge in [0.1, 0.15) is 0 Å². The fourth-order valence-corrected chi connectivity index (χ4v) is 2.31. The first-order chi connectivity index (χ1) is 9.49. The first kappa shape index (κ1) is 16.8. The molecule has 1 amide bonds. The second-order valence-corrected chi connectivity index (χ2v) is 5.39. The van der Waals surface area contributed by atoms with Crippen LogP contribution in [0.1, 0.15) is 19.4 Å². The largest absolute Gasteiger partial charge is 0.374 e. The van der Waals surface area contributed by atoms with Crippen LogP contribution < -0.4 is 15.5 Å². The van der Waals surface area contributed by atoms with E-state index in [-0.39, 0.29) is 11.8 Å². The van der Waals surface area contributed by atoms with Crippen LogP contribution in [0.5, 0.6) is 0 Å². The number of nitrogens with zero attached hydrogens (tertiary/aromatic N) is 1. The van der Waals surface area contributed by atoms with Crippen LogP contribution in [0.25, 0.3) is 0 Å². The molecule has 1 aromatic carbocycles. The molecular formula is C15H24ClN3O. The molecule has 0 saturated carbocycles. The summed E-state index contributed by atoms with van der Waals surface area (Å²) in [7, 11) is 3.65. The quantitative estimate of drug-likeness (QED) is 0.811. The van der Waals surface area contributed by atoms with E-state index in [4.69, 9.17) is 11.6 Å². The van der Waals surface area contributed by atoms with Crippen molar-refractivity contribution in [3.63, 3.8) is 0 Å². The molecule has 112 valence electrons. The number of anilines is 1. The molecule has 5 heteroatoms. The maximum Gasteiger partial charge on any atom is 0.224 e. The van der Waals surface area contributed by atoms with Crippen LogP contribution in [0.15, 0.2) is 18.2 Å². The maximum atomic E-state index is 11.6. The van der Waals surface area contributed by atoms with E-state index in [9.17, 15) is 4.79 Å². The topological polar surface area (TPSA) is 44.4 Å². The van der Waals surface area contributed by atoms with E-state index in [1.807, 2.05) is 32.2 Å². The van der Waals surface area contributed by atoms with Crippen LogP contribution in [0.2, 0.25) is 5.02 Å². The van der Waals surface area contributed by atoms with Gasteiger partial charge in [0, 0.05) is 37.9 Å². The van der Waals surface area contributed by atoms with E-state index in [1.165, 1.54) is 5.56 Å². The lowest BCUT2D eigenvalue weighted by molar-refractivity contribution is -0.123. The van der Waals surface area contributed by atoms with Crippen molar-refractivity contribution >= 4 is 23.2 Å². The van der Waals surface area contributed by atoms with Crippen LogP contribution in [0, 0.1) is 5.92 Å². The first-order valence-corrected chi connectivity index (χ1v) is 7.29. The number of rotatable bonds is 7. The van der Waals surface area contributed by atoms with Crippen molar-refractivity contribution in [2.45, 2.75) is 20.4 Å². The van der Waals surface area contributed by atoms with Gasteiger partial charge in [-0.15, -0.1) is 0 Å². The van der Waals surface area contributed by atoms with Crippen LogP contribution in [0.4, 0.5) is 5.69 Å². The van der Waals surface area contributed by atoms with Gasteiger partial charge in [-0.25, -0.2) is 0 Å². The summed E-state index contributed by atoms with van der Waals surface area (Å²) in [5.41, 5.74) is 2.25. The summed E-state index contributed by atoms with van der Waals surface area (Å²) in [6, 6.07) is 5.87. The van der Waals surface area contributed by atoms with Crippen molar-refractivity contribution in [1.82, 2.24) is 10.6 Å². The van der Waals surface area contributed by atoms with Crippen LogP contribution >= 0.6 is 11.6 Å². The molecule has 4 nitrogen and oxygen atoms in total. The molecular weight excluding hydrogens is 274 g/mol. The molecule has 1 atom stereocenters. The van der Waals surface area contributed by atoms with E-state index >= 15 is 0 Å². The van der Waals surface area contributed by atoms with Crippen molar-refractivity contribution in [3.05, 3.63) is 28.8 Å². The average Bonchev–Trinajstić information content (AvgIpc) is 2.44. The summed E-state index contributed by atoms with van der Waals surface area (Å²) in [5.74, 6) is -0.0249. The van der Waals surface area contributed by atoms with Gasteiger partial charge in [0.05, 0.1) is 5.92 Å². The van der Waals surface area contributed by atoms with Crippen LogP contribution in [-0.2, 0) is 11.3 Å². The highest BCUT2D eigenvalue weighted by molar-refractivity contribution is 6.30. The van der Waals surface area contributed by atoms with Gasteiger partial charge < -0.3 is 15.5 Å². The molecule has 0 spiro atoms. The second kappa shape index (κ2) is 8.12. The third-order valence-corrected chi connectivity index (χ3v) is 3.50. The molecule has 0 radical (unpaired) electrons. The van der Waals surface area contributed by atoms with Crippen LogP contribution in [0.3, 0.4) is 0 Å². The molecule has 0 aliphatic heterocycles. The molecule has 1 unspecified atom stereocenters. The zero-order valence-corrected chi connectivity index (χ0v) is 13.4. The Bertz CT molecular complexity index is 451. The van der Waals surface area contributed by atoms with Gasteiger partial charge in [-0.2, -0.15) is 0 Å². The minimum atomic E-state index is -0.0732. The number of hydrogen-bond donors (Lipinski definition) is 2. The molecule has 0 bridgehead atoms. The average molecular weight is 298 g/mol. The van der Waals surface area contributed by atoms with Gasteiger partial charge in [-0.05, 0) is 24.2 Å². The smallest absolute Gasteiger partial charge is 0.224 e. The Balaban J connectivity index is 2.86.